The smallest absolute Gasteiger partial charge is 0.119 e. The summed E-state index contributed by atoms with van der Waals surface area (Å²) in [5.41, 5.74) is 3.45. The predicted octanol–water partition coefficient (Wildman–Crippen LogP) is 4.79. The van der Waals surface area contributed by atoms with Gasteiger partial charge in [0.05, 0.1) is 12.8 Å². The third kappa shape index (κ3) is 4.23. The largest absolute Gasteiger partial charge is 0.497 e. The third-order valence-electron chi connectivity index (χ3n) is 3.23. The van der Waals surface area contributed by atoms with Crippen LogP contribution in [-0.4, -0.2) is 13.3 Å². The molecule has 0 amide bonds. The van der Waals surface area contributed by atoms with Crippen LogP contribution < -0.4 is 4.74 Å². The minimum Gasteiger partial charge on any atom is -0.497 e. The number of methoxy groups -OCH3 is 1. The average Bonchev–Trinajstić information content (AvgIpc) is 2.52. The molecule has 0 fully saturated rings. The van der Waals surface area contributed by atoms with Crippen molar-refractivity contribution in [3.63, 3.8) is 0 Å². The Morgan fingerprint density at radius 3 is 2.30 bits per heavy atom. The fourth-order valence-electron chi connectivity index (χ4n) is 1.97. The van der Waals surface area contributed by atoms with Gasteiger partial charge in [0, 0.05) is 6.21 Å². The van der Waals surface area contributed by atoms with Gasteiger partial charge in [0.1, 0.15) is 5.75 Å². The van der Waals surface area contributed by atoms with Crippen LogP contribution in [0.15, 0.2) is 53.5 Å². The van der Waals surface area contributed by atoms with Crippen molar-refractivity contribution in [1.82, 2.24) is 0 Å². The van der Waals surface area contributed by atoms with Crippen molar-refractivity contribution in [2.45, 2.75) is 26.2 Å². The molecule has 0 heterocycles. The molecule has 0 atom stereocenters. The van der Waals surface area contributed by atoms with Crippen LogP contribution in [0, 0.1) is 0 Å². The van der Waals surface area contributed by atoms with Crippen LogP contribution in [0.2, 0.25) is 0 Å². The molecule has 0 aromatic heterocycles. The Kier molecular flexibility index (Phi) is 5.36. The Labute approximate surface area is 121 Å². The second-order valence-corrected chi connectivity index (χ2v) is 4.80. The summed E-state index contributed by atoms with van der Waals surface area (Å²) < 4.78 is 5.13. The van der Waals surface area contributed by atoms with Crippen LogP contribution in [0.25, 0.3) is 0 Å². The van der Waals surface area contributed by atoms with Gasteiger partial charge in [-0.3, -0.25) is 4.99 Å². The summed E-state index contributed by atoms with van der Waals surface area (Å²) in [4.78, 5) is 4.46. The van der Waals surface area contributed by atoms with Gasteiger partial charge in [-0.25, -0.2) is 0 Å². The molecule has 104 valence electrons. The molecule has 2 aromatic carbocycles. The van der Waals surface area contributed by atoms with E-state index in [0.717, 1.165) is 23.4 Å². The van der Waals surface area contributed by atoms with Crippen molar-refractivity contribution < 1.29 is 4.74 Å². The van der Waals surface area contributed by atoms with E-state index in [1.807, 2.05) is 30.5 Å². The van der Waals surface area contributed by atoms with E-state index in [1.54, 1.807) is 7.11 Å². The van der Waals surface area contributed by atoms with Gasteiger partial charge in [-0.2, -0.15) is 0 Å². The third-order valence-corrected chi connectivity index (χ3v) is 3.23. The fraction of sp³-hybridized carbons (Fsp3) is 0.278. The molecule has 0 saturated heterocycles. The van der Waals surface area contributed by atoms with Crippen LogP contribution in [0.3, 0.4) is 0 Å². The van der Waals surface area contributed by atoms with Gasteiger partial charge in [0.15, 0.2) is 0 Å². The summed E-state index contributed by atoms with van der Waals surface area (Å²) in [5.74, 6) is 0.851. The number of rotatable bonds is 6. The summed E-state index contributed by atoms with van der Waals surface area (Å²) in [5, 5.41) is 0. The number of nitrogens with zero attached hydrogens (tertiary/aromatic N) is 1. The topological polar surface area (TPSA) is 21.6 Å². The van der Waals surface area contributed by atoms with Gasteiger partial charge >= 0.3 is 0 Å². The van der Waals surface area contributed by atoms with Gasteiger partial charge in [0.25, 0.3) is 0 Å². The maximum Gasteiger partial charge on any atom is 0.119 e. The first-order valence-electron chi connectivity index (χ1n) is 7.09. The Bertz CT molecular complexity index is 541. The molecule has 20 heavy (non-hydrogen) atoms. The zero-order valence-electron chi connectivity index (χ0n) is 12.2. The molecule has 2 rings (SSSR count). The minimum absolute atomic E-state index is 0.851. The van der Waals surface area contributed by atoms with E-state index < -0.39 is 0 Å². The van der Waals surface area contributed by atoms with Crippen molar-refractivity contribution in [1.29, 1.82) is 0 Å². The highest BCUT2D eigenvalue weighted by Crippen LogP contribution is 2.17. The summed E-state index contributed by atoms with van der Waals surface area (Å²) >= 11 is 0. The van der Waals surface area contributed by atoms with Gasteiger partial charge in [-0.1, -0.05) is 37.6 Å². The lowest BCUT2D eigenvalue weighted by atomic mass is 10.1. The molecule has 0 aliphatic rings. The van der Waals surface area contributed by atoms with Crippen LogP contribution in [-0.2, 0) is 6.42 Å². The highest BCUT2D eigenvalue weighted by atomic mass is 16.5. The number of aliphatic imine (C=N–C) groups is 1. The van der Waals surface area contributed by atoms with E-state index in [4.69, 9.17) is 4.74 Å². The monoisotopic (exact) mass is 267 g/mol. The van der Waals surface area contributed by atoms with Gasteiger partial charge in [0.2, 0.25) is 0 Å². The maximum atomic E-state index is 5.13. The molecular weight excluding hydrogens is 246 g/mol. The summed E-state index contributed by atoms with van der Waals surface area (Å²) in [6.07, 6.45) is 5.54. The second kappa shape index (κ2) is 7.49. The zero-order chi connectivity index (χ0) is 14.2. The van der Waals surface area contributed by atoms with Crippen molar-refractivity contribution in [2.75, 3.05) is 7.11 Å². The van der Waals surface area contributed by atoms with E-state index in [-0.39, 0.29) is 0 Å². The molecule has 0 radical (unpaired) electrons. The Hall–Kier alpha value is -2.09. The Balaban J connectivity index is 1.99. The van der Waals surface area contributed by atoms with Crippen molar-refractivity contribution >= 4 is 11.9 Å². The zero-order valence-corrected chi connectivity index (χ0v) is 12.2. The predicted molar refractivity (Wildman–Crippen MR) is 85.3 cm³/mol. The van der Waals surface area contributed by atoms with Crippen molar-refractivity contribution in [3.05, 3.63) is 59.7 Å². The van der Waals surface area contributed by atoms with Gasteiger partial charge in [-0.15, -0.1) is 0 Å². The number of hydrogen-bond acceptors (Lipinski definition) is 2. The molecule has 0 spiro atoms. The fourth-order valence-corrected chi connectivity index (χ4v) is 1.97. The van der Waals surface area contributed by atoms with E-state index in [0.29, 0.717) is 0 Å². The van der Waals surface area contributed by atoms with Crippen LogP contribution in [0.4, 0.5) is 5.69 Å². The number of hydrogen-bond donors (Lipinski definition) is 0. The molecule has 2 heteroatoms. The highest BCUT2D eigenvalue weighted by molar-refractivity contribution is 5.81. The molecule has 2 aromatic rings. The maximum absolute atomic E-state index is 5.13. The van der Waals surface area contributed by atoms with Gasteiger partial charge < -0.3 is 4.74 Å². The quantitative estimate of drug-likeness (QED) is 0.690. The average molecular weight is 267 g/mol. The molecule has 2 nitrogen and oxygen atoms in total. The Morgan fingerprint density at radius 1 is 1.00 bits per heavy atom. The van der Waals surface area contributed by atoms with E-state index in [2.05, 4.69) is 36.2 Å². The minimum atomic E-state index is 0.851. The first kappa shape index (κ1) is 14.3. The standard InChI is InChI=1S/C18H21NO/c1-3-4-5-15-6-8-16(9-7-15)14-19-17-10-12-18(20-2)13-11-17/h6-14H,3-5H2,1-2H3. The molecule has 0 N–H and O–H groups in total. The molecular formula is C18H21NO. The molecule has 0 aliphatic carbocycles. The highest BCUT2D eigenvalue weighted by Gasteiger charge is 1.94. The van der Waals surface area contributed by atoms with E-state index >= 15 is 0 Å². The number of unbranched alkanes of at least 4 members (excludes halogenated alkanes) is 1. The van der Waals surface area contributed by atoms with Crippen molar-refractivity contribution in [3.8, 4) is 5.75 Å². The van der Waals surface area contributed by atoms with Crippen LogP contribution in [0.5, 0.6) is 5.75 Å². The van der Waals surface area contributed by atoms with Crippen molar-refractivity contribution in [2.24, 2.45) is 4.99 Å². The summed E-state index contributed by atoms with van der Waals surface area (Å²) in [7, 11) is 1.67. The number of benzene rings is 2. The Morgan fingerprint density at radius 2 is 1.70 bits per heavy atom. The number of ether oxygens (including phenoxy) is 1. The van der Waals surface area contributed by atoms with Crippen LogP contribution >= 0.6 is 0 Å². The van der Waals surface area contributed by atoms with Gasteiger partial charge in [-0.05, 0) is 48.2 Å². The normalized spacial score (nSPS) is 10.9. The SMILES string of the molecule is CCCCc1ccc(C=Nc2ccc(OC)cc2)cc1. The first-order chi connectivity index (χ1) is 9.81. The first-order valence-corrected chi connectivity index (χ1v) is 7.09. The molecule has 0 unspecified atom stereocenters. The lowest BCUT2D eigenvalue weighted by Crippen LogP contribution is -1.86. The van der Waals surface area contributed by atoms with Crippen LogP contribution in [0.1, 0.15) is 30.9 Å². The molecule has 0 saturated carbocycles. The molecule has 0 aliphatic heterocycles. The number of aryl methyl sites for hydroxylation is 1. The second-order valence-electron chi connectivity index (χ2n) is 4.80. The lowest BCUT2D eigenvalue weighted by Gasteiger charge is -2.01. The van der Waals surface area contributed by atoms with E-state index in [1.165, 1.54) is 18.4 Å². The summed E-state index contributed by atoms with van der Waals surface area (Å²) in [6.45, 7) is 2.22. The summed E-state index contributed by atoms with van der Waals surface area (Å²) in [6, 6.07) is 16.4. The van der Waals surface area contributed by atoms with E-state index in [9.17, 15) is 0 Å². The lowest BCUT2D eigenvalue weighted by molar-refractivity contribution is 0.415. The molecule has 0 bridgehead atoms.